The minimum atomic E-state index is -4.98. The number of amides is 1. The Labute approximate surface area is 154 Å². The smallest absolute Gasteiger partial charge is 0.328 e. The molecule has 2 unspecified atom stereocenters. The molecule has 0 radical (unpaired) electrons. The van der Waals surface area contributed by atoms with Crippen molar-refractivity contribution in [2.75, 3.05) is 6.54 Å². The lowest BCUT2D eigenvalue weighted by atomic mass is 9.55. The molecule has 144 valence electrons. The van der Waals surface area contributed by atoms with Crippen molar-refractivity contribution >= 4 is 25.6 Å². The topological polar surface area (TPSA) is 54.5 Å². The Morgan fingerprint density at radius 1 is 1.27 bits per heavy atom. The third-order valence-electron chi connectivity index (χ3n) is 6.19. The molecule has 9 heteroatoms. The summed E-state index contributed by atoms with van der Waals surface area (Å²) in [5.41, 5.74) is 0.352. The molecule has 1 saturated heterocycles. The van der Waals surface area contributed by atoms with Gasteiger partial charge in [0.2, 0.25) is 0 Å². The highest BCUT2D eigenvalue weighted by atomic mass is 35.7. The summed E-state index contributed by atoms with van der Waals surface area (Å²) in [6.45, 7) is 5.85. The van der Waals surface area contributed by atoms with E-state index in [1.807, 2.05) is 20.8 Å². The van der Waals surface area contributed by atoms with Crippen LogP contribution in [0.5, 0.6) is 0 Å². The zero-order valence-corrected chi connectivity index (χ0v) is 16.1. The minimum absolute atomic E-state index is 0.0411. The van der Waals surface area contributed by atoms with Gasteiger partial charge in [0, 0.05) is 17.2 Å². The van der Waals surface area contributed by atoms with Crippen LogP contribution in [0.25, 0.3) is 0 Å². The van der Waals surface area contributed by atoms with Crippen molar-refractivity contribution in [3.63, 3.8) is 0 Å². The van der Waals surface area contributed by atoms with Gasteiger partial charge in [-0.1, -0.05) is 26.8 Å². The lowest BCUT2D eigenvalue weighted by Crippen LogP contribution is -2.46. The summed E-state index contributed by atoms with van der Waals surface area (Å²) >= 11 is 0. The minimum Gasteiger partial charge on any atom is -0.328 e. The van der Waals surface area contributed by atoms with E-state index < -0.39 is 32.6 Å². The number of nitrogens with zero attached hydrogens (tertiary/aromatic N) is 1. The van der Waals surface area contributed by atoms with E-state index in [2.05, 4.69) is 0 Å². The highest BCUT2D eigenvalue weighted by molar-refractivity contribution is 8.13. The van der Waals surface area contributed by atoms with Gasteiger partial charge in [0.05, 0.1) is 10.9 Å². The number of carbonyl (C=O) groups excluding carboxylic acids is 1. The van der Waals surface area contributed by atoms with Crippen molar-refractivity contribution < 1.29 is 26.4 Å². The van der Waals surface area contributed by atoms with E-state index in [0.717, 1.165) is 10.5 Å². The standard InChI is InChI=1S/C17H19ClF3NO3S/c1-15(2)9-13-11-8-10(26(18,24)25)4-5-12(11)16(15,3)6-7-22(13)14(23)17(19,20)21/h4-5,8,13H,6-7,9H2,1-3H3. The van der Waals surface area contributed by atoms with Crippen LogP contribution in [-0.4, -0.2) is 31.9 Å². The van der Waals surface area contributed by atoms with Gasteiger partial charge in [-0.25, -0.2) is 8.42 Å². The fourth-order valence-electron chi connectivity index (χ4n) is 4.31. The number of alkyl halides is 3. The molecule has 1 aromatic rings. The second kappa shape index (κ2) is 5.61. The molecule has 4 rings (SSSR count). The molecule has 1 aromatic carbocycles. The molecule has 3 aliphatic rings. The first-order valence-electron chi connectivity index (χ1n) is 8.15. The molecule has 0 N–H and O–H groups in total. The van der Waals surface area contributed by atoms with Gasteiger partial charge in [0.25, 0.3) is 9.05 Å². The Morgan fingerprint density at radius 3 is 2.42 bits per heavy atom. The molecule has 0 spiro atoms. The van der Waals surface area contributed by atoms with Crippen molar-refractivity contribution in [3.8, 4) is 0 Å². The van der Waals surface area contributed by atoms with Crippen LogP contribution in [0.4, 0.5) is 13.2 Å². The molecule has 0 aromatic heterocycles. The van der Waals surface area contributed by atoms with Crippen LogP contribution in [0.3, 0.4) is 0 Å². The molecule has 2 heterocycles. The van der Waals surface area contributed by atoms with Crippen LogP contribution in [0.15, 0.2) is 23.1 Å². The molecule has 2 bridgehead atoms. The predicted octanol–water partition coefficient (Wildman–Crippen LogP) is 4.14. The average molecular weight is 410 g/mol. The fourth-order valence-corrected chi connectivity index (χ4v) is 5.10. The van der Waals surface area contributed by atoms with Crippen molar-refractivity contribution in [2.45, 2.75) is 56.1 Å². The Hall–Kier alpha value is -1.28. The largest absolute Gasteiger partial charge is 0.471 e. The summed E-state index contributed by atoms with van der Waals surface area (Å²) in [4.78, 5) is 12.7. The third-order valence-corrected chi connectivity index (χ3v) is 7.54. The van der Waals surface area contributed by atoms with Gasteiger partial charge < -0.3 is 4.90 Å². The maximum Gasteiger partial charge on any atom is 0.471 e. The maximum absolute atomic E-state index is 13.1. The molecule has 1 amide bonds. The highest BCUT2D eigenvalue weighted by Gasteiger charge is 2.56. The average Bonchev–Trinajstić information content (AvgIpc) is 2.67. The summed E-state index contributed by atoms with van der Waals surface area (Å²) in [5.74, 6) is -1.89. The molecule has 2 atom stereocenters. The summed E-state index contributed by atoms with van der Waals surface area (Å²) in [6, 6.07) is 3.47. The number of hydrogen-bond acceptors (Lipinski definition) is 3. The Balaban J connectivity index is 2.25. The molecule has 26 heavy (non-hydrogen) atoms. The number of hydrogen-bond donors (Lipinski definition) is 0. The van der Waals surface area contributed by atoms with Crippen molar-refractivity contribution in [1.29, 1.82) is 0 Å². The van der Waals surface area contributed by atoms with Crippen molar-refractivity contribution in [1.82, 2.24) is 4.90 Å². The predicted molar refractivity (Wildman–Crippen MR) is 90.4 cm³/mol. The first kappa shape index (κ1) is 19.5. The molecule has 1 aliphatic carbocycles. The van der Waals surface area contributed by atoms with Crippen molar-refractivity contribution in [3.05, 3.63) is 29.3 Å². The van der Waals surface area contributed by atoms with E-state index in [9.17, 15) is 26.4 Å². The lowest BCUT2D eigenvalue weighted by Gasteiger charge is -2.49. The highest BCUT2D eigenvalue weighted by Crippen LogP contribution is 2.59. The quantitative estimate of drug-likeness (QED) is 0.655. The van der Waals surface area contributed by atoms with Gasteiger partial charge in [0.1, 0.15) is 0 Å². The maximum atomic E-state index is 13.1. The van der Waals surface area contributed by atoms with Crippen LogP contribution in [0.2, 0.25) is 0 Å². The van der Waals surface area contributed by atoms with E-state index in [1.54, 1.807) is 6.07 Å². The molecule has 0 saturated carbocycles. The zero-order chi connectivity index (χ0) is 19.7. The van der Waals surface area contributed by atoms with Crippen LogP contribution < -0.4 is 0 Å². The summed E-state index contributed by atoms with van der Waals surface area (Å²) in [5, 5.41) is 0. The summed E-state index contributed by atoms with van der Waals surface area (Å²) in [6.07, 6.45) is -4.31. The van der Waals surface area contributed by atoms with Gasteiger partial charge in [-0.15, -0.1) is 0 Å². The SMILES string of the molecule is CC1(C)CC2c3cc(S(=O)(=O)Cl)ccc3C1(C)CCN2C(=O)C(F)(F)F. The molecule has 2 aliphatic heterocycles. The molecular formula is C17H19ClF3NO3S. The molecular weight excluding hydrogens is 391 g/mol. The van der Waals surface area contributed by atoms with Crippen molar-refractivity contribution in [2.24, 2.45) is 5.41 Å². The fraction of sp³-hybridized carbons (Fsp3) is 0.588. The van der Waals surface area contributed by atoms with E-state index >= 15 is 0 Å². The summed E-state index contributed by atoms with van der Waals surface area (Å²) < 4.78 is 62.7. The number of rotatable bonds is 1. The zero-order valence-electron chi connectivity index (χ0n) is 14.5. The van der Waals surface area contributed by atoms with Gasteiger partial charge in [0.15, 0.2) is 0 Å². The number of benzene rings is 1. The van der Waals surface area contributed by atoms with Crippen LogP contribution in [0, 0.1) is 5.41 Å². The van der Waals surface area contributed by atoms with E-state index in [-0.39, 0.29) is 16.9 Å². The Kier molecular flexibility index (Phi) is 4.20. The van der Waals surface area contributed by atoms with Gasteiger partial charge in [-0.3, -0.25) is 4.79 Å². The Morgan fingerprint density at radius 2 is 1.88 bits per heavy atom. The first-order valence-corrected chi connectivity index (χ1v) is 10.5. The number of halogens is 4. The lowest BCUT2D eigenvalue weighted by molar-refractivity contribution is -0.188. The monoisotopic (exact) mass is 409 g/mol. The van der Waals surface area contributed by atoms with Gasteiger partial charge >= 0.3 is 12.1 Å². The van der Waals surface area contributed by atoms with Crippen LogP contribution in [-0.2, 0) is 19.3 Å². The normalized spacial score (nSPS) is 27.8. The van der Waals surface area contributed by atoms with Crippen LogP contribution >= 0.6 is 10.7 Å². The summed E-state index contributed by atoms with van der Waals surface area (Å²) in [7, 11) is 1.38. The number of carbonyl (C=O) groups is 1. The first-order chi connectivity index (χ1) is 11.7. The second-order valence-corrected chi connectivity index (χ2v) is 10.4. The second-order valence-electron chi connectivity index (χ2n) is 7.87. The van der Waals surface area contributed by atoms with E-state index in [1.165, 1.54) is 12.1 Å². The molecule has 4 nitrogen and oxygen atoms in total. The van der Waals surface area contributed by atoms with Gasteiger partial charge in [-0.2, -0.15) is 13.2 Å². The number of fused-ring (bicyclic) bond motifs is 3. The van der Waals surface area contributed by atoms with E-state index in [4.69, 9.17) is 10.7 Å². The van der Waals surface area contributed by atoms with Crippen LogP contribution in [0.1, 0.15) is 50.8 Å². The van der Waals surface area contributed by atoms with Gasteiger partial charge in [-0.05, 0) is 46.9 Å². The Bertz CT molecular complexity index is 882. The molecule has 1 fully saturated rings. The van der Waals surface area contributed by atoms with E-state index in [0.29, 0.717) is 18.4 Å². The third kappa shape index (κ3) is 2.81.